The smallest absolute Gasteiger partial charge is 0.243 e. The molecule has 172 valence electrons. The van der Waals surface area contributed by atoms with Gasteiger partial charge in [-0.3, -0.25) is 4.79 Å². The van der Waals surface area contributed by atoms with E-state index >= 15 is 0 Å². The number of hydrogen-bond acceptors (Lipinski definition) is 4. The number of sulfonamides is 1. The SMILES string of the molecule is CC(C)(C)c1ccc(S(=O)(=O)N2CCC(C(=O)NC3CCOc4ccccc43)CC2)cc1. The summed E-state index contributed by atoms with van der Waals surface area (Å²) in [5.74, 6) is 0.639. The van der Waals surface area contributed by atoms with Gasteiger partial charge < -0.3 is 10.1 Å². The van der Waals surface area contributed by atoms with E-state index < -0.39 is 10.0 Å². The van der Waals surface area contributed by atoms with Gasteiger partial charge in [-0.05, 0) is 42.0 Å². The van der Waals surface area contributed by atoms with E-state index in [4.69, 9.17) is 4.74 Å². The lowest BCUT2D eigenvalue weighted by molar-refractivity contribution is -0.127. The number of carbonyl (C=O) groups excluding carboxylic acids is 1. The summed E-state index contributed by atoms with van der Waals surface area (Å²) in [4.78, 5) is 13.2. The lowest BCUT2D eigenvalue weighted by Gasteiger charge is -2.32. The van der Waals surface area contributed by atoms with E-state index in [-0.39, 0.29) is 23.3 Å². The minimum atomic E-state index is -3.56. The topological polar surface area (TPSA) is 75.7 Å². The summed E-state index contributed by atoms with van der Waals surface area (Å²) in [6.45, 7) is 7.59. The predicted octanol–water partition coefficient (Wildman–Crippen LogP) is 4.02. The van der Waals surface area contributed by atoms with Gasteiger partial charge in [-0.1, -0.05) is 51.1 Å². The second-order valence-corrected chi connectivity index (χ2v) is 11.6. The Kier molecular flexibility index (Phi) is 6.32. The normalized spacial score (nSPS) is 20.3. The summed E-state index contributed by atoms with van der Waals surface area (Å²) in [6, 6.07) is 14.9. The standard InChI is InChI=1S/C25H32N2O4S/c1-25(2,3)19-8-10-20(11-9-19)32(29,30)27-15-12-18(13-16-27)24(28)26-22-14-17-31-23-7-5-4-6-21(22)23/h4-11,18,22H,12-17H2,1-3H3,(H,26,28). The molecular weight excluding hydrogens is 424 g/mol. The molecule has 32 heavy (non-hydrogen) atoms. The molecule has 2 aliphatic rings. The van der Waals surface area contributed by atoms with Crippen LogP contribution in [-0.4, -0.2) is 38.3 Å². The molecule has 1 atom stereocenters. The van der Waals surface area contributed by atoms with Crippen LogP contribution in [0.5, 0.6) is 5.75 Å². The average Bonchev–Trinajstić information content (AvgIpc) is 2.79. The highest BCUT2D eigenvalue weighted by Crippen LogP contribution is 2.33. The van der Waals surface area contributed by atoms with Crippen LogP contribution in [0.1, 0.15) is 57.2 Å². The number of rotatable bonds is 4. The fourth-order valence-electron chi connectivity index (χ4n) is 4.42. The lowest BCUT2D eigenvalue weighted by atomic mass is 9.87. The number of carbonyl (C=O) groups is 1. The van der Waals surface area contributed by atoms with Crippen molar-refractivity contribution >= 4 is 15.9 Å². The van der Waals surface area contributed by atoms with E-state index in [2.05, 4.69) is 26.1 Å². The Balaban J connectivity index is 1.37. The zero-order chi connectivity index (χ0) is 22.9. The zero-order valence-electron chi connectivity index (χ0n) is 19.0. The number of nitrogens with zero attached hydrogens (tertiary/aromatic N) is 1. The summed E-state index contributed by atoms with van der Waals surface area (Å²) >= 11 is 0. The Morgan fingerprint density at radius 2 is 1.66 bits per heavy atom. The molecule has 2 aliphatic heterocycles. The van der Waals surface area contributed by atoms with Crippen molar-refractivity contribution in [3.63, 3.8) is 0 Å². The van der Waals surface area contributed by atoms with Crippen LogP contribution in [0.25, 0.3) is 0 Å². The maximum Gasteiger partial charge on any atom is 0.243 e. The van der Waals surface area contributed by atoms with Gasteiger partial charge in [0, 0.05) is 31.0 Å². The van der Waals surface area contributed by atoms with Crippen molar-refractivity contribution < 1.29 is 17.9 Å². The van der Waals surface area contributed by atoms with Crippen molar-refractivity contribution in [3.05, 3.63) is 59.7 Å². The third kappa shape index (κ3) is 4.69. The van der Waals surface area contributed by atoms with Crippen LogP contribution in [0.2, 0.25) is 0 Å². The molecule has 2 heterocycles. The summed E-state index contributed by atoms with van der Waals surface area (Å²) in [7, 11) is -3.56. The van der Waals surface area contributed by atoms with E-state index in [1.165, 1.54) is 4.31 Å². The minimum Gasteiger partial charge on any atom is -0.493 e. The van der Waals surface area contributed by atoms with Gasteiger partial charge in [0.2, 0.25) is 15.9 Å². The fourth-order valence-corrected chi connectivity index (χ4v) is 5.89. The van der Waals surface area contributed by atoms with Crippen LogP contribution in [0, 0.1) is 5.92 Å². The summed E-state index contributed by atoms with van der Waals surface area (Å²) in [5.41, 5.74) is 2.08. The largest absolute Gasteiger partial charge is 0.493 e. The van der Waals surface area contributed by atoms with Crippen LogP contribution < -0.4 is 10.1 Å². The first-order chi connectivity index (χ1) is 15.2. The van der Waals surface area contributed by atoms with E-state index in [1.54, 1.807) is 12.1 Å². The molecule has 6 nitrogen and oxygen atoms in total. The molecule has 7 heteroatoms. The van der Waals surface area contributed by atoms with Gasteiger partial charge in [-0.15, -0.1) is 0 Å². The summed E-state index contributed by atoms with van der Waals surface area (Å²) < 4.78 is 33.4. The molecule has 1 unspecified atom stereocenters. The summed E-state index contributed by atoms with van der Waals surface area (Å²) in [5, 5.41) is 3.16. The molecule has 0 radical (unpaired) electrons. The maximum atomic E-state index is 13.1. The molecule has 0 spiro atoms. The third-order valence-corrected chi connectivity index (χ3v) is 8.37. The minimum absolute atomic E-state index is 0.00159. The van der Waals surface area contributed by atoms with Gasteiger partial charge in [0.25, 0.3) is 0 Å². The number of para-hydroxylation sites is 1. The van der Waals surface area contributed by atoms with Crippen LogP contribution in [-0.2, 0) is 20.2 Å². The molecule has 1 saturated heterocycles. The number of ether oxygens (including phenoxy) is 1. The summed E-state index contributed by atoms with van der Waals surface area (Å²) in [6.07, 6.45) is 1.78. The average molecular weight is 457 g/mol. The second kappa shape index (κ2) is 8.87. The zero-order valence-corrected chi connectivity index (χ0v) is 19.8. The Morgan fingerprint density at radius 1 is 1.00 bits per heavy atom. The van der Waals surface area contributed by atoms with Gasteiger partial charge in [0.15, 0.2) is 0 Å². The van der Waals surface area contributed by atoms with Crippen molar-refractivity contribution in [1.29, 1.82) is 0 Å². The van der Waals surface area contributed by atoms with Gasteiger partial charge in [0.1, 0.15) is 5.75 Å². The predicted molar refractivity (Wildman–Crippen MR) is 124 cm³/mol. The number of fused-ring (bicyclic) bond motifs is 1. The Labute approximate surface area is 191 Å². The van der Waals surface area contributed by atoms with E-state index in [9.17, 15) is 13.2 Å². The number of amides is 1. The molecule has 0 saturated carbocycles. The van der Waals surface area contributed by atoms with Gasteiger partial charge in [0.05, 0.1) is 17.5 Å². The van der Waals surface area contributed by atoms with Crippen LogP contribution in [0.4, 0.5) is 0 Å². The number of nitrogens with one attached hydrogen (secondary N) is 1. The molecule has 0 aliphatic carbocycles. The van der Waals surface area contributed by atoms with Crippen molar-refractivity contribution in [3.8, 4) is 5.75 Å². The molecule has 1 fully saturated rings. The maximum absolute atomic E-state index is 13.1. The third-order valence-electron chi connectivity index (χ3n) is 6.46. The molecule has 1 amide bonds. The van der Waals surface area contributed by atoms with E-state index in [0.29, 0.717) is 37.4 Å². The first-order valence-corrected chi connectivity index (χ1v) is 12.7. The first-order valence-electron chi connectivity index (χ1n) is 11.3. The van der Waals surface area contributed by atoms with Gasteiger partial charge in [-0.2, -0.15) is 4.31 Å². The number of hydrogen-bond donors (Lipinski definition) is 1. The molecule has 2 aromatic rings. The Bertz CT molecular complexity index is 1070. The van der Waals surface area contributed by atoms with Crippen molar-refractivity contribution in [2.75, 3.05) is 19.7 Å². The van der Waals surface area contributed by atoms with Crippen molar-refractivity contribution in [1.82, 2.24) is 9.62 Å². The molecule has 4 rings (SSSR count). The van der Waals surface area contributed by atoms with Crippen molar-refractivity contribution in [2.24, 2.45) is 5.92 Å². The molecular formula is C25H32N2O4S. The van der Waals surface area contributed by atoms with Crippen molar-refractivity contribution in [2.45, 2.75) is 56.4 Å². The van der Waals surface area contributed by atoms with Crippen LogP contribution >= 0.6 is 0 Å². The fraction of sp³-hybridized carbons (Fsp3) is 0.480. The highest BCUT2D eigenvalue weighted by Gasteiger charge is 2.33. The lowest BCUT2D eigenvalue weighted by Crippen LogP contribution is -2.44. The quantitative estimate of drug-likeness (QED) is 0.754. The highest BCUT2D eigenvalue weighted by molar-refractivity contribution is 7.89. The molecule has 2 aromatic carbocycles. The Morgan fingerprint density at radius 3 is 2.31 bits per heavy atom. The number of benzene rings is 2. The van der Waals surface area contributed by atoms with Gasteiger partial charge >= 0.3 is 0 Å². The second-order valence-electron chi connectivity index (χ2n) is 9.69. The molecule has 0 bridgehead atoms. The molecule has 1 N–H and O–H groups in total. The first kappa shape index (κ1) is 22.8. The Hall–Kier alpha value is -2.38. The number of piperidine rings is 1. The van der Waals surface area contributed by atoms with E-state index in [0.717, 1.165) is 23.3 Å². The monoisotopic (exact) mass is 456 g/mol. The highest BCUT2D eigenvalue weighted by atomic mass is 32.2. The van der Waals surface area contributed by atoms with E-state index in [1.807, 2.05) is 36.4 Å². The van der Waals surface area contributed by atoms with Crippen LogP contribution in [0.15, 0.2) is 53.4 Å². The molecule has 0 aromatic heterocycles. The van der Waals surface area contributed by atoms with Gasteiger partial charge in [-0.25, -0.2) is 8.42 Å². The van der Waals surface area contributed by atoms with Crippen LogP contribution in [0.3, 0.4) is 0 Å².